The molecule has 0 bridgehead atoms. The Balaban J connectivity index is 1.60. The summed E-state index contributed by atoms with van der Waals surface area (Å²) in [6.07, 6.45) is 2.44. The minimum Gasteiger partial charge on any atom is -0.339 e. The summed E-state index contributed by atoms with van der Waals surface area (Å²) in [5, 5.41) is 11.6. The van der Waals surface area contributed by atoms with Gasteiger partial charge in [0.05, 0.1) is 0 Å². The van der Waals surface area contributed by atoms with E-state index in [1.165, 1.54) is 12.8 Å². The summed E-state index contributed by atoms with van der Waals surface area (Å²) in [7, 11) is 0. The molecule has 1 saturated heterocycles. The summed E-state index contributed by atoms with van der Waals surface area (Å²) < 4.78 is 5.41. The van der Waals surface area contributed by atoms with Gasteiger partial charge in [-0.15, -0.1) is 0 Å². The van der Waals surface area contributed by atoms with E-state index in [0.29, 0.717) is 11.3 Å². The maximum Gasteiger partial charge on any atom is 0.230 e. The fourth-order valence-corrected chi connectivity index (χ4v) is 3.45. The number of aromatic nitrogens is 2. The largest absolute Gasteiger partial charge is 0.339 e. The van der Waals surface area contributed by atoms with Crippen LogP contribution in [0.2, 0.25) is 0 Å². The Morgan fingerprint density at radius 2 is 2.53 bits per heavy atom. The van der Waals surface area contributed by atoms with Gasteiger partial charge in [0, 0.05) is 23.4 Å². The maximum absolute atomic E-state index is 5.41. The Kier molecular flexibility index (Phi) is 1.96. The Morgan fingerprint density at radius 3 is 3.29 bits per heavy atom. The molecule has 4 nitrogen and oxygen atoms in total. The molecule has 5 heteroatoms. The van der Waals surface area contributed by atoms with Gasteiger partial charge in [-0.3, -0.25) is 0 Å². The summed E-state index contributed by atoms with van der Waals surface area (Å²) in [6.45, 7) is 2.23. The van der Waals surface area contributed by atoms with Gasteiger partial charge in [-0.1, -0.05) is 5.16 Å². The summed E-state index contributed by atoms with van der Waals surface area (Å²) in [6, 6.07) is 2.03. The molecule has 1 spiro atoms. The Labute approximate surface area is 103 Å². The molecular weight excluding hydrogens is 234 g/mol. The van der Waals surface area contributed by atoms with Crippen molar-refractivity contribution in [3.8, 4) is 11.4 Å². The Hall–Kier alpha value is -1.20. The molecule has 2 aromatic heterocycles. The van der Waals surface area contributed by atoms with E-state index >= 15 is 0 Å². The van der Waals surface area contributed by atoms with Crippen molar-refractivity contribution < 1.29 is 4.52 Å². The van der Waals surface area contributed by atoms with Crippen LogP contribution >= 0.6 is 11.3 Å². The molecule has 1 saturated carbocycles. The van der Waals surface area contributed by atoms with Crippen LogP contribution < -0.4 is 5.32 Å². The van der Waals surface area contributed by atoms with E-state index in [9.17, 15) is 0 Å². The fourth-order valence-electron chi connectivity index (χ4n) is 2.82. The summed E-state index contributed by atoms with van der Waals surface area (Å²) >= 11 is 1.65. The zero-order chi connectivity index (χ0) is 11.3. The second kappa shape index (κ2) is 3.40. The van der Waals surface area contributed by atoms with Crippen molar-refractivity contribution in [2.24, 2.45) is 5.41 Å². The van der Waals surface area contributed by atoms with Crippen molar-refractivity contribution in [2.75, 3.05) is 13.1 Å². The van der Waals surface area contributed by atoms with Crippen LogP contribution in [0.1, 0.15) is 24.7 Å². The second-order valence-electron chi connectivity index (χ2n) is 5.01. The van der Waals surface area contributed by atoms with Crippen molar-refractivity contribution in [3.63, 3.8) is 0 Å². The van der Waals surface area contributed by atoms with Gasteiger partial charge in [-0.05, 0) is 36.2 Å². The zero-order valence-corrected chi connectivity index (χ0v) is 10.2. The molecule has 0 radical (unpaired) electrons. The number of nitrogens with zero attached hydrogens (tertiary/aromatic N) is 2. The third kappa shape index (κ3) is 1.46. The van der Waals surface area contributed by atoms with Crippen molar-refractivity contribution in [3.05, 3.63) is 22.7 Å². The average Bonchev–Trinajstić information content (AvgIpc) is 2.85. The second-order valence-corrected chi connectivity index (χ2v) is 5.79. The van der Waals surface area contributed by atoms with Crippen LogP contribution in [0.15, 0.2) is 21.3 Å². The SMILES string of the molecule is c1cc(-c2noc(C3CC34CCNC4)n2)cs1. The third-order valence-corrected chi connectivity index (χ3v) is 4.67. The van der Waals surface area contributed by atoms with Crippen LogP contribution in [0.4, 0.5) is 0 Å². The lowest BCUT2D eigenvalue weighted by molar-refractivity contribution is 0.364. The van der Waals surface area contributed by atoms with Gasteiger partial charge in [-0.25, -0.2) is 0 Å². The average molecular weight is 247 g/mol. The molecule has 4 rings (SSSR count). The molecule has 0 amide bonds. The van der Waals surface area contributed by atoms with Crippen LogP contribution in [0, 0.1) is 5.41 Å². The first kappa shape index (κ1) is 9.79. The first-order valence-electron chi connectivity index (χ1n) is 5.94. The lowest BCUT2D eigenvalue weighted by atomic mass is 10.0. The highest BCUT2D eigenvalue weighted by Gasteiger charge is 2.58. The third-order valence-electron chi connectivity index (χ3n) is 3.99. The predicted molar refractivity (Wildman–Crippen MR) is 64.9 cm³/mol. The predicted octanol–water partition coefficient (Wildman–Crippen LogP) is 2.27. The quantitative estimate of drug-likeness (QED) is 0.884. The summed E-state index contributed by atoms with van der Waals surface area (Å²) in [5.74, 6) is 2.04. The van der Waals surface area contributed by atoms with Crippen LogP contribution in [0.25, 0.3) is 11.4 Å². The van der Waals surface area contributed by atoms with Crippen molar-refractivity contribution in [2.45, 2.75) is 18.8 Å². The van der Waals surface area contributed by atoms with E-state index in [0.717, 1.165) is 30.4 Å². The molecule has 88 valence electrons. The molecule has 2 fully saturated rings. The van der Waals surface area contributed by atoms with Crippen LogP contribution in [-0.4, -0.2) is 23.2 Å². The standard InChI is InChI=1S/C12H13N3OS/c1-4-17-6-8(1)10-14-11(16-15-10)9-5-12(9)2-3-13-7-12/h1,4,6,9,13H,2-3,5,7H2. The molecule has 2 aliphatic rings. The molecule has 0 aromatic carbocycles. The van der Waals surface area contributed by atoms with E-state index in [1.807, 2.05) is 11.4 Å². The first-order valence-corrected chi connectivity index (χ1v) is 6.89. The monoisotopic (exact) mass is 247 g/mol. The number of hydrogen-bond donors (Lipinski definition) is 1. The Bertz CT molecular complexity index is 528. The van der Waals surface area contributed by atoms with Gasteiger partial charge < -0.3 is 9.84 Å². The van der Waals surface area contributed by atoms with Gasteiger partial charge in [-0.2, -0.15) is 16.3 Å². The molecule has 2 unspecified atom stereocenters. The van der Waals surface area contributed by atoms with Crippen LogP contribution in [0.5, 0.6) is 0 Å². The molecule has 2 atom stereocenters. The molecule has 1 N–H and O–H groups in total. The van der Waals surface area contributed by atoms with Crippen molar-refractivity contribution >= 4 is 11.3 Å². The molecule has 3 heterocycles. The zero-order valence-electron chi connectivity index (χ0n) is 9.35. The van der Waals surface area contributed by atoms with E-state index in [4.69, 9.17) is 4.52 Å². The van der Waals surface area contributed by atoms with Crippen molar-refractivity contribution in [1.82, 2.24) is 15.5 Å². The topological polar surface area (TPSA) is 51.0 Å². The van der Waals surface area contributed by atoms with Crippen LogP contribution in [-0.2, 0) is 0 Å². The van der Waals surface area contributed by atoms with E-state index in [1.54, 1.807) is 11.3 Å². The first-order chi connectivity index (χ1) is 8.37. The summed E-state index contributed by atoms with van der Waals surface area (Å²) in [4.78, 5) is 4.53. The summed E-state index contributed by atoms with van der Waals surface area (Å²) in [5.41, 5.74) is 1.49. The van der Waals surface area contributed by atoms with E-state index in [2.05, 4.69) is 20.8 Å². The minimum absolute atomic E-state index is 0.429. The number of nitrogens with one attached hydrogen (secondary N) is 1. The normalized spacial score (nSPS) is 31.2. The molecule has 1 aliphatic carbocycles. The van der Waals surface area contributed by atoms with E-state index < -0.39 is 0 Å². The lowest BCUT2D eigenvalue weighted by Crippen LogP contribution is -2.10. The van der Waals surface area contributed by atoms with Gasteiger partial charge in [0.15, 0.2) is 0 Å². The van der Waals surface area contributed by atoms with Gasteiger partial charge in [0.25, 0.3) is 0 Å². The molecule has 17 heavy (non-hydrogen) atoms. The molecular formula is C12H13N3OS. The number of hydrogen-bond acceptors (Lipinski definition) is 5. The number of rotatable bonds is 2. The number of thiophene rings is 1. The smallest absolute Gasteiger partial charge is 0.230 e. The van der Waals surface area contributed by atoms with E-state index in [-0.39, 0.29) is 0 Å². The molecule has 1 aliphatic heterocycles. The highest BCUT2D eigenvalue weighted by atomic mass is 32.1. The van der Waals surface area contributed by atoms with Gasteiger partial charge >= 0.3 is 0 Å². The van der Waals surface area contributed by atoms with Crippen molar-refractivity contribution in [1.29, 1.82) is 0 Å². The van der Waals surface area contributed by atoms with Gasteiger partial charge in [0.2, 0.25) is 11.7 Å². The highest BCUT2D eigenvalue weighted by molar-refractivity contribution is 7.08. The molecule has 2 aromatic rings. The highest BCUT2D eigenvalue weighted by Crippen LogP contribution is 2.62. The van der Waals surface area contributed by atoms with Gasteiger partial charge in [0.1, 0.15) is 0 Å². The minimum atomic E-state index is 0.429. The van der Waals surface area contributed by atoms with Crippen LogP contribution in [0.3, 0.4) is 0 Å². The Morgan fingerprint density at radius 1 is 1.53 bits per heavy atom. The fraction of sp³-hybridized carbons (Fsp3) is 0.500. The maximum atomic E-state index is 5.41. The lowest BCUT2D eigenvalue weighted by Gasteiger charge is -2.02.